The summed E-state index contributed by atoms with van der Waals surface area (Å²) in [5.74, 6) is -0.929. The van der Waals surface area contributed by atoms with Crippen LogP contribution in [0.4, 0.5) is 5.69 Å². The molecular formula is C15H21NO3. The van der Waals surface area contributed by atoms with Crippen molar-refractivity contribution >= 4 is 17.6 Å². The normalized spacial score (nSPS) is 12.1. The molecule has 4 nitrogen and oxygen atoms in total. The first kappa shape index (κ1) is 15.2. The highest BCUT2D eigenvalue weighted by atomic mass is 16.5. The summed E-state index contributed by atoms with van der Waals surface area (Å²) < 4.78 is 5.04. The zero-order valence-electron chi connectivity index (χ0n) is 11.9. The van der Waals surface area contributed by atoms with Crippen LogP contribution in [0.1, 0.15) is 33.3 Å². The van der Waals surface area contributed by atoms with Crippen LogP contribution in [-0.2, 0) is 20.7 Å². The second kappa shape index (κ2) is 6.92. The number of carbonyl (C=O) groups excluding carboxylic acids is 2. The first-order valence-electron chi connectivity index (χ1n) is 6.54. The summed E-state index contributed by atoms with van der Waals surface area (Å²) in [5, 5.41) is 2.72. The van der Waals surface area contributed by atoms with Gasteiger partial charge in [0.05, 0.1) is 5.92 Å². The fraction of sp³-hybridized carbons (Fsp3) is 0.467. The molecule has 19 heavy (non-hydrogen) atoms. The minimum atomic E-state index is -0.791. The number of benzene rings is 1. The van der Waals surface area contributed by atoms with E-state index < -0.39 is 6.10 Å². The standard InChI is InChI=1S/C15H21NO3/c1-5-12-6-8-13(9-7-12)16-14(17)11(4)19-15(18)10(2)3/h6-11H,5H2,1-4H3,(H,16,17)/t11-/m1/s1. The highest BCUT2D eigenvalue weighted by Gasteiger charge is 2.19. The zero-order chi connectivity index (χ0) is 14.4. The van der Waals surface area contributed by atoms with Gasteiger partial charge in [-0.25, -0.2) is 0 Å². The second-order valence-corrected chi connectivity index (χ2v) is 4.77. The lowest BCUT2D eigenvalue weighted by Crippen LogP contribution is -2.31. The lowest BCUT2D eigenvalue weighted by Gasteiger charge is -2.15. The third-order valence-electron chi connectivity index (χ3n) is 2.76. The third-order valence-corrected chi connectivity index (χ3v) is 2.76. The largest absolute Gasteiger partial charge is 0.452 e. The Morgan fingerprint density at radius 2 is 1.74 bits per heavy atom. The van der Waals surface area contributed by atoms with Crippen LogP contribution in [0.25, 0.3) is 0 Å². The third kappa shape index (κ3) is 4.73. The SMILES string of the molecule is CCc1ccc(NC(=O)[C@@H](C)OC(=O)C(C)C)cc1. The van der Waals surface area contributed by atoms with Gasteiger partial charge >= 0.3 is 5.97 Å². The predicted octanol–water partition coefficient (Wildman–Crippen LogP) is 2.78. The average Bonchev–Trinajstić information content (AvgIpc) is 2.39. The van der Waals surface area contributed by atoms with Gasteiger partial charge in [0.1, 0.15) is 0 Å². The van der Waals surface area contributed by atoms with Gasteiger partial charge in [-0.1, -0.05) is 32.9 Å². The molecular weight excluding hydrogens is 242 g/mol. The number of hydrogen-bond acceptors (Lipinski definition) is 3. The predicted molar refractivity (Wildman–Crippen MR) is 74.8 cm³/mol. The molecule has 0 saturated heterocycles. The maximum absolute atomic E-state index is 11.8. The highest BCUT2D eigenvalue weighted by molar-refractivity contribution is 5.95. The van der Waals surface area contributed by atoms with Crippen molar-refractivity contribution in [1.29, 1.82) is 0 Å². The first-order valence-corrected chi connectivity index (χ1v) is 6.54. The topological polar surface area (TPSA) is 55.4 Å². The van der Waals surface area contributed by atoms with Gasteiger partial charge in [-0.2, -0.15) is 0 Å². The van der Waals surface area contributed by atoms with Crippen molar-refractivity contribution in [2.24, 2.45) is 5.92 Å². The molecule has 1 amide bonds. The van der Waals surface area contributed by atoms with Crippen molar-refractivity contribution in [3.8, 4) is 0 Å². The van der Waals surface area contributed by atoms with Crippen molar-refractivity contribution in [3.63, 3.8) is 0 Å². The van der Waals surface area contributed by atoms with E-state index in [0.29, 0.717) is 5.69 Å². The summed E-state index contributed by atoms with van der Waals surface area (Å²) in [5.41, 5.74) is 1.91. The van der Waals surface area contributed by atoms with E-state index in [-0.39, 0.29) is 17.8 Å². The van der Waals surface area contributed by atoms with Crippen LogP contribution < -0.4 is 5.32 Å². The Hall–Kier alpha value is -1.84. The molecule has 0 fully saturated rings. The number of esters is 1. The van der Waals surface area contributed by atoms with Gasteiger partial charge in [0, 0.05) is 5.69 Å². The summed E-state index contributed by atoms with van der Waals surface area (Å²) in [4.78, 5) is 23.2. The van der Waals surface area contributed by atoms with E-state index in [1.807, 2.05) is 24.3 Å². The van der Waals surface area contributed by atoms with Crippen LogP contribution in [0.5, 0.6) is 0 Å². The molecule has 0 spiro atoms. The van der Waals surface area contributed by atoms with E-state index in [1.165, 1.54) is 5.56 Å². The van der Waals surface area contributed by atoms with Gasteiger partial charge in [-0.15, -0.1) is 0 Å². The average molecular weight is 263 g/mol. The van der Waals surface area contributed by atoms with Crippen LogP contribution in [0.2, 0.25) is 0 Å². The summed E-state index contributed by atoms with van der Waals surface area (Å²) in [6.07, 6.45) is 0.164. The molecule has 1 atom stereocenters. The molecule has 0 bridgehead atoms. The Bertz CT molecular complexity index is 437. The van der Waals surface area contributed by atoms with Crippen LogP contribution in [0.3, 0.4) is 0 Å². The number of carbonyl (C=O) groups is 2. The molecule has 0 aliphatic heterocycles. The zero-order valence-corrected chi connectivity index (χ0v) is 11.9. The number of hydrogen-bond donors (Lipinski definition) is 1. The van der Waals surface area contributed by atoms with Gasteiger partial charge in [-0.3, -0.25) is 9.59 Å². The van der Waals surface area contributed by atoms with Gasteiger partial charge in [0.15, 0.2) is 6.10 Å². The molecule has 0 unspecified atom stereocenters. The summed E-state index contributed by atoms with van der Waals surface area (Å²) in [6.45, 7) is 7.10. The molecule has 0 saturated carbocycles. The Morgan fingerprint density at radius 1 is 1.16 bits per heavy atom. The van der Waals surface area contributed by atoms with E-state index >= 15 is 0 Å². The van der Waals surface area contributed by atoms with Crippen molar-refractivity contribution in [3.05, 3.63) is 29.8 Å². The summed E-state index contributed by atoms with van der Waals surface area (Å²) in [6, 6.07) is 7.60. The number of rotatable bonds is 5. The molecule has 1 N–H and O–H groups in total. The minimum Gasteiger partial charge on any atom is -0.452 e. The maximum Gasteiger partial charge on any atom is 0.309 e. The molecule has 0 aliphatic carbocycles. The van der Waals surface area contributed by atoms with E-state index in [9.17, 15) is 9.59 Å². The summed E-state index contributed by atoms with van der Waals surface area (Å²) >= 11 is 0. The lowest BCUT2D eigenvalue weighted by atomic mass is 10.1. The van der Waals surface area contributed by atoms with Crippen LogP contribution in [0, 0.1) is 5.92 Å². The van der Waals surface area contributed by atoms with Crippen molar-refractivity contribution in [2.45, 2.75) is 40.2 Å². The van der Waals surface area contributed by atoms with E-state index in [2.05, 4.69) is 12.2 Å². The van der Waals surface area contributed by atoms with Gasteiger partial charge in [0.25, 0.3) is 5.91 Å². The van der Waals surface area contributed by atoms with Crippen molar-refractivity contribution in [2.75, 3.05) is 5.32 Å². The number of amides is 1. The number of aryl methyl sites for hydroxylation is 1. The number of ether oxygens (including phenoxy) is 1. The molecule has 0 aliphatic rings. The van der Waals surface area contributed by atoms with Gasteiger partial charge in [0.2, 0.25) is 0 Å². The smallest absolute Gasteiger partial charge is 0.309 e. The van der Waals surface area contributed by atoms with Crippen LogP contribution in [0.15, 0.2) is 24.3 Å². The fourth-order valence-electron chi connectivity index (χ4n) is 1.43. The van der Waals surface area contributed by atoms with Crippen molar-refractivity contribution in [1.82, 2.24) is 0 Å². The van der Waals surface area contributed by atoms with E-state index in [4.69, 9.17) is 4.74 Å². The Labute approximate surface area is 114 Å². The lowest BCUT2D eigenvalue weighted by molar-refractivity contribution is -0.156. The second-order valence-electron chi connectivity index (χ2n) is 4.77. The number of nitrogens with one attached hydrogen (secondary N) is 1. The van der Waals surface area contributed by atoms with E-state index in [1.54, 1.807) is 20.8 Å². The van der Waals surface area contributed by atoms with Crippen LogP contribution >= 0.6 is 0 Å². The molecule has 1 aromatic rings. The van der Waals surface area contributed by atoms with Gasteiger partial charge < -0.3 is 10.1 Å². The monoisotopic (exact) mass is 263 g/mol. The molecule has 4 heteroatoms. The first-order chi connectivity index (χ1) is 8.93. The Morgan fingerprint density at radius 3 is 2.21 bits per heavy atom. The Balaban J connectivity index is 2.55. The molecule has 1 aromatic carbocycles. The highest BCUT2D eigenvalue weighted by Crippen LogP contribution is 2.11. The molecule has 1 rings (SSSR count). The fourth-order valence-corrected chi connectivity index (χ4v) is 1.43. The van der Waals surface area contributed by atoms with Gasteiger partial charge in [-0.05, 0) is 31.0 Å². The molecule has 0 heterocycles. The Kier molecular flexibility index (Phi) is 5.55. The molecule has 0 radical (unpaired) electrons. The number of anilines is 1. The molecule has 104 valence electrons. The quantitative estimate of drug-likeness (QED) is 0.831. The summed E-state index contributed by atoms with van der Waals surface area (Å²) in [7, 11) is 0. The maximum atomic E-state index is 11.8. The molecule has 0 aromatic heterocycles. The van der Waals surface area contributed by atoms with E-state index in [0.717, 1.165) is 6.42 Å². The van der Waals surface area contributed by atoms with Crippen LogP contribution in [-0.4, -0.2) is 18.0 Å². The minimum absolute atomic E-state index is 0.237. The van der Waals surface area contributed by atoms with Crippen molar-refractivity contribution < 1.29 is 14.3 Å².